The highest BCUT2D eigenvalue weighted by Crippen LogP contribution is 2.28. The van der Waals surface area contributed by atoms with Gasteiger partial charge >= 0.3 is 0 Å². The van der Waals surface area contributed by atoms with Crippen LogP contribution in [-0.2, 0) is 0 Å². The van der Waals surface area contributed by atoms with E-state index in [-0.39, 0.29) is 6.04 Å². The summed E-state index contributed by atoms with van der Waals surface area (Å²) in [5.41, 5.74) is 9.63. The molecule has 14 heavy (non-hydrogen) atoms. The Bertz CT molecular complexity index is 320. The van der Waals surface area contributed by atoms with Gasteiger partial charge in [0.1, 0.15) is 5.75 Å². The third kappa shape index (κ3) is 2.07. The first kappa shape index (κ1) is 11.1. The van der Waals surface area contributed by atoms with Gasteiger partial charge in [0.25, 0.3) is 0 Å². The van der Waals surface area contributed by atoms with Crippen molar-refractivity contribution >= 4 is 0 Å². The van der Waals surface area contributed by atoms with Gasteiger partial charge in [-0.3, -0.25) is 0 Å². The minimum absolute atomic E-state index is 0.0734. The molecule has 0 saturated carbocycles. The van der Waals surface area contributed by atoms with Crippen LogP contribution in [0.2, 0.25) is 0 Å². The fourth-order valence-electron chi connectivity index (χ4n) is 1.50. The van der Waals surface area contributed by atoms with Crippen molar-refractivity contribution in [2.45, 2.75) is 33.2 Å². The molecule has 0 amide bonds. The Morgan fingerprint density at radius 2 is 1.86 bits per heavy atom. The van der Waals surface area contributed by atoms with E-state index in [1.807, 2.05) is 0 Å². The second-order valence-corrected chi connectivity index (χ2v) is 3.69. The maximum Gasteiger partial charge on any atom is 0.123 e. The lowest BCUT2D eigenvalue weighted by atomic mass is 9.99. The molecule has 78 valence electrons. The van der Waals surface area contributed by atoms with Crippen LogP contribution in [0.25, 0.3) is 0 Å². The zero-order valence-corrected chi connectivity index (χ0v) is 9.42. The second-order valence-electron chi connectivity index (χ2n) is 3.69. The summed E-state index contributed by atoms with van der Waals surface area (Å²) in [4.78, 5) is 0. The average molecular weight is 193 g/mol. The summed E-state index contributed by atoms with van der Waals surface area (Å²) in [6, 6.07) is 4.26. The molecule has 0 bridgehead atoms. The van der Waals surface area contributed by atoms with Crippen molar-refractivity contribution in [3.63, 3.8) is 0 Å². The van der Waals surface area contributed by atoms with Crippen LogP contribution in [0.5, 0.6) is 5.75 Å². The highest BCUT2D eigenvalue weighted by atomic mass is 16.5. The summed E-state index contributed by atoms with van der Waals surface area (Å²) in [6.07, 6.45) is 0.929. The van der Waals surface area contributed by atoms with Crippen LogP contribution in [-0.4, -0.2) is 7.11 Å². The maximum absolute atomic E-state index is 6.01. The summed E-state index contributed by atoms with van der Waals surface area (Å²) in [5.74, 6) is 0.905. The molecule has 1 rings (SSSR count). The number of aryl methyl sites for hydroxylation is 2. The first-order valence-corrected chi connectivity index (χ1v) is 5.00. The van der Waals surface area contributed by atoms with Crippen molar-refractivity contribution in [1.29, 1.82) is 0 Å². The molecule has 0 spiro atoms. The fraction of sp³-hybridized carbons (Fsp3) is 0.500. The lowest BCUT2D eigenvalue weighted by molar-refractivity contribution is 0.404. The van der Waals surface area contributed by atoms with Crippen molar-refractivity contribution in [3.8, 4) is 5.75 Å². The number of hydrogen-bond donors (Lipinski definition) is 1. The van der Waals surface area contributed by atoms with Gasteiger partial charge in [-0.05, 0) is 37.5 Å². The summed E-state index contributed by atoms with van der Waals surface area (Å²) in [7, 11) is 1.69. The van der Waals surface area contributed by atoms with Crippen molar-refractivity contribution in [2.75, 3.05) is 7.11 Å². The van der Waals surface area contributed by atoms with E-state index in [4.69, 9.17) is 10.5 Å². The van der Waals surface area contributed by atoms with E-state index >= 15 is 0 Å². The van der Waals surface area contributed by atoms with Gasteiger partial charge in [-0.2, -0.15) is 0 Å². The van der Waals surface area contributed by atoms with Gasteiger partial charge in [0.2, 0.25) is 0 Å². The quantitative estimate of drug-likeness (QED) is 0.801. The van der Waals surface area contributed by atoms with Crippen LogP contribution in [0, 0.1) is 13.8 Å². The molecule has 0 heterocycles. The molecule has 0 aliphatic carbocycles. The Balaban J connectivity index is 3.19. The number of rotatable bonds is 3. The molecule has 1 aromatic rings. The predicted octanol–water partition coefficient (Wildman–Crippen LogP) is 2.72. The molecule has 2 N–H and O–H groups in total. The van der Waals surface area contributed by atoms with Crippen LogP contribution >= 0.6 is 0 Å². The summed E-state index contributed by atoms with van der Waals surface area (Å²) in [5, 5.41) is 0. The summed E-state index contributed by atoms with van der Waals surface area (Å²) >= 11 is 0. The minimum Gasteiger partial charge on any atom is -0.496 e. The summed E-state index contributed by atoms with van der Waals surface area (Å²) in [6.45, 7) is 6.26. The van der Waals surface area contributed by atoms with E-state index in [1.54, 1.807) is 7.11 Å². The van der Waals surface area contributed by atoms with Gasteiger partial charge in [-0.25, -0.2) is 0 Å². The molecule has 0 saturated heterocycles. The Morgan fingerprint density at radius 1 is 1.29 bits per heavy atom. The van der Waals surface area contributed by atoms with Gasteiger partial charge in [0.15, 0.2) is 0 Å². The molecule has 0 aliphatic rings. The van der Waals surface area contributed by atoms with Crippen LogP contribution in [0.15, 0.2) is 12.1 Å². The molecule has 0 aliphatic heterocycles. The van der Waals surface area contributed by atoms with Gasteiger partial charge < -0.3 is 10.5 Å². The van der Waals surface area contributed by atoms with Crippen molar-refractivity contribution in [2.24, 2.45) is 5.73 Å². The molecule has 2 nitrogen and oxygen atoms in total. The highest BCUT2D eigenvalue weighted by Gasteiger charge is 2.11. The minimum atomic E-state index is 0.0734. The van der Waals surface area contributed by atoms with E-state index in [2.05, 4.69) is 32.9 Å². The first-order valence-electron chi connectivity index (χ1n) is 5.00. The Hall–Kier alpha value is -1.02. The number of benzene rings is 1. The number of ether oxygens (including phenoxy) is 1. The predicted molar refractivity (Wildman–Crippen MR) is 59.7 cm³/mol. The monoisotopic (exact) mass is 193 g/mol. The molecule has 0 aromatic heterocycles. The zero-order valence-electron chi connectivity index (χ0n) is 9.42. The average Bonchev–Trinajstić information content (AvgIpc) is 2.20. The van der Waals surface area contributed by atoms with Gasteiger partial charge in [-0.15, -0.1) is 0 Å². The molecule has 1 atom stereocenters. The third-order valence-electron chi connectivity index (χ3n) is 2.69. The van der Waals surface area contributed by atoms with Crippen LogP contribution in [0.4, 0.5) is 0 Å². The van der Waals surface area contributed by atoms with E-state index in [9.17, 15) is 0 Å². The standard InChI is InChI=1S/C12H19NO/c1-5-11(13)10-6-8(2)9(3)7-12(10)14-4/h6-7,11H,5,13H2,1-4H3. The van der Waals surface area contributed by atoms with Crippen LogP contribution in [0.3, 0.4) is 0 Å². The van der Waals surface area contributed by atoms with Crippen molar-refractivity contribution in [3.05, 3.63) is 28.8 Å². The highest BCUT2D eigenvalue weighted by molar-refractivity contribution is 5.43. The molecular weight excluding hydrogens is 174 g/mol. The van der Waals surface area contributed by atoms with Crippen molar-refractivity contribution in [1.82, 2.24) is 0 Å². The fourth-order valence-corrected chi connectivity index (χ4v) is 1.50. The molecule has 1 aromatic carbocycles. The van der Waals surface area contributed by atoms with E-state index in [0.29, 0.717) is 0 Å². The van der Waals surface area contributed by atoms with Crippen LogP contribution < -0.4 is 10.5 Å². The van der Waals surface area contributed by atoms with Crippen LogP contribution in [0.1, 0.15) is 36.1 Å². The maximum atomic E-state index is 6.01. The topological polar surface area (TPSA) is 35.2 Å². The van der Waals surface area contributed by atoms with E-state index < -0.39 is 0 Å². The Kier molecular flexibility index (Phi) is 3.53. The van der Waals surface area contributed by atoms with Gasteiger partial charge in [-0.1, -0.05) is 13.0 Å². The smallest absolute Gasteiger partial charge is 0.123 e. The van der Waals surface area contributed by atoms with Gasteiger partial charge in [0.05, 0.1) is 7.11 Å². The largest absolute Gasteiger partial charge is 0.496 e. The molecular formula is C12H19NO. The molecule has 0 fully saturated rings. The normalized spacial score (nSPS) is 12.6. The second kappa shape index (κ2) is 4.47. The Labute approximate surface area is 86.1 Å². The van der Waals surface area contributed by atoms with Crippen molar-refractivity contribution < 1.29 is 4.74 Å². The number of hydrogen-bond acceptors (Lipinski definition) is 2. The first-order chi connectivity index (χ1) is 6.60. The Morgan fingerprint density at radius 3 is 2.36 bits per heavy atom. The summed E-state index contributed by atoms with van der Waals surface area (Å²) < 4.78 is 5.32. The van der Waals surface area contributed by atoms with E-state index in [1.165, 1.54) is 11.1 Å². The molecule has 2 heteroatoms. The molecule has 0 radical (unpaired) electrons. The molecule has 1 unspecified atom stereocenters. The lowest BCUT2D eigenvalue weighted by Crippen LogP contribution is -2.10. The lowest BCUT2D eigenvalue weighted by Gasteiger charge is -2.16. The van der Waals surface area contributed by atoms with Gasteiger partial charge in [0, 0.05) is 11.6 Å². The zero-order chi connectivity index (χ0) is 10.7. The third-order valence-corrected chi connectivity index (χ3v) is 2.69. The number of methoxy groups -OCH3 is 1. The number of nitrogens with two attached hydrogens (primary N) is 1. The SMILES string of the molecule is CCC(N)c1cc(C)c(C)cc1OC. The van der Waals surface area contributed by atoms with E-state index in [0.717, 1.165) is 17.7 Å².